The first-order valence-electron chi connectivity index (χ1n) is 11.2. The molecule has 0 aliphatic rings. The summed E-state index contributed by atoms with van der Waals surface area (Å²) in [5.74, 6) is 0.731. The van der Waals surface area contributed by atoms with Crippen molar-refractivity contribution in [1.82, 2.24) is 14.4 Å². The smallest absolute Gasteiger partial charge is 0.310 e. The van der Waals surface area contributed by atoms with Crippen molar-refractivity contribution < 1.29 is 9.53 Å². The first-order chi connectivity index (χ1) is 16.4. The lowest BCUT2D eigenvalue weighted by Crippen LogP contribution is -2.09. The largest absolute Gasteiger partial charge is 0.466 e. The summed E-state index contributed by atoms with van der Waals surface area (Å²) in [6.07, 6.45) is 2.25. The maximum absolute atomic E-state index is 12.5. The van der Waals surface area contributed by atoms with E-state index >= 15 is 0 Å². The van der Waals surface area contributed by atoms with Gasteiger partial charge in [0.05, 0.1) is 34.5 Å². The van der Waals surface area contributed by atoms with Crippen molar-refractivity contribution in [2.45, 2.75) is 34.1 Å². The van der Waals surface area contributed by atoms with E-state index in [1.807, 2.05) is 58.2 Å². The predicted molar refractivity (Wildman–Crippen MR) is 139 cm³/mol. The molecule has 0 saturated heterocycles. The van der Waals surface area contributed by atoms with Crippen LogP contribution >= 0.6 is 22.9 Å². The number of nitrogens with zero attached hydrogens (tertiary/aromatic N) is 3. The number of aryl methyl sites for hydroxylation is 3. The lowest BCUT2D eigenvalue weighted by atomic mass is 9.93. The van der Waals surface area contributed by atoms with E-state index in [-0.39, 0.29) is 12.4 Å². The van der Waals surface area contributed by atoms with Gasteiger partial charge in [-0.3, -0.25) is 4.79 Å². The van der Waals surface area contributed by atoms with Crippen molar-refractivity contribution >= 4 is 44.6 Å². The maximum atomic E-state index is 12.5. The van der Waals surface area contributed by atoms with Gasteiger partial charge in [0.2, 0.25) is 0 Å². The Morgan fingerprint density at radius 3 is 2.56 bits per heavy atom. The van der Waals surface area contributed by atoms with Crippen molar-refractivity contribution in [3.8, 4) is 21.7 Å². The molecule has 3 heterocycles. The molecule has 0 atom stereocenters. The van der Waals surface area contributed by atoms with E-state index in [0.29, 0.717) is 11.6 Å². The molecule has 172 valence electrons. The van der Waals surface area contributed by atoms with Crippen LogP contribution in [0.1, 0.15) is 29.6 Å². The summed E-state index contributed by atoms with van der Waals surface area (Å²) >= 11 is 7.80. The minimum absolute atomic E-state index is 0.209. The van der Waals surface area contributed by atoms with E-state index in [2.05, 4.69) is 27.6 Å². The monoisotopic (exact) mass is 489 g/mol. The van der Waals surface area contributed by atoms with E-state index in [1.165, 1.54) is 0 Å². The molecule has 0 radical (unpaired) electrons. The number of hydrogen-bond donors (Lipinski definition) is 0. The Labute approximate surface area is 207 Å². The van der Waals surface area contributed by atoms with Gasteiger partial charge in [0.1, 0.15) is 10.8 Å². The van der Waals surface area contributed by atoms with Gasteiger partial charge in [-0.05, 0) is 74.7 Å². The number of imidazole rings is 1. The zero-order valence-corrected chi connectivity index (χ0v) is 21.0. The van der Waals surface area contributed by atoms with Gasteiger partial charge in [0.25, 0.3) is 0 Å². The van der Waals surface area contributed by atoms with Crippen molar-refractivity contribution in [3.05, 3.63) is 76.3 Å². The highest BCUT2D eigenvalue weighted by Crippen LogP contribution is 2.41. The van der Waals surface area contributed by atoms with Crippen molar-refractivity contribution in [1.29, 1.82) is 0 Å². The zero-order chi connectivity index (χ0) is 24.0. The average molecular weight is 490 g/mol. The minimum Gasteiger partial charge on any atom is -0.466 e. The molecule has 2 aromatic carbocycles. The van der Waals surface area contributed by atoms with Gasteiger partial charge in [-0.2, -0.15) is 0 Å². The van der Waals surface area contributed by atoms with Gasteiger partial charge >= 0.3 is 5.97 Å². The number of carbonyl (C=O) groups is 1. The van der Waals surface area contributed by atoms with Crippen LogP contribution in [0.5, 0.6) is 0 Å². The Kier molecular flexibility index (Phi) is 5.88. The Morgan fingerprint density at radius 2 is 1.82 bits per heavy atom. The number of pyridine rings is 1. The number of rotatable bonds is 5. The lowest BCUT2D eigenvalue weighted by molar-refractivity contribution is -0.142. The molecule has 0 spiro atoms. The number of aromatic nitrogens is 3. The zero-order valence-electron chi connectivity index (χ0n) is 19.5. The standard InChI is InChI=1S/C27H24ClN3O2S/c1-5-33-24(32)14-21-15(2)12-22-26(25(21)18-6-8-20(28)9-7-18)34-27(30-22)19-10-11-31-17(4)29-16(3)23(31)13-19/h6-13H,5,14H2,1-4H3. The third kappa shape index (κ3) is 3.97. The number of esters is 1. The summed E-state index contributed by atoms with van der Waals surface area (Å²) in [6, 6.07) is 14.0. The summed E-state index contributed by atoms with van der Waals surface area (Å²) in [5.41, 5.74) is 8.02. The highest BCUT2D eigenvalue weighted by atomic mass is 35.5. The summed E-state index contributed by atoms with van der Waals surface area (Å²) in [4.78, 5) is 22.0. The van der Waals surface area contributed by atoms with E-state index < -0.39 is 0 Å². The number of halogens is 1. The fourth-order valence-corrected chi connectivity index (χ4v) is 5.67. The van der Waals surface area contributed by atoms with Gasteiger partial charge in [-0.25, -0.2) is 9.97 Å². The van der Waals surface area contributed by atoms with Crippen molar-refractivity contribution in [3.63, 3.8) is 0 Å². The minimum atomic E-state index is -0.234. The molecule has 5 nitrogen and oxygen atoms in total. The third-order valence-corrected chi connectivity index (χ3v) is 7.41. The highest BCUT2D eigenvalue weighted by Gasteiger charge is 2.20. The molecule has 0 saturated carbocycles. The second-order valence-electron chi connectivity index (χ2n) is 8.32. The summed E-state index contributed by atoms with van der Waals surface area (Å²) in [5, 5.41) is 1.60. The molecule has 34 heavy (non-hydrogen) atoms. The maximum Gasteiger partial charge on any atom is 0.310 e. The molecular weight excluding hydrogens is 466 g/mol. The van der Waals surface area contributed by atoms with Gasteiger partial charge < -0.3 is 9.14 Å². The molecule has 5 rings (SSSR count). The Balaban J connectivity index is 1.72. The highest BCUT2D eigenvalue weighted by molar-refractivity contribution is 7.22. The van der Waals surface area contributed by atoms with Crippen LogP contribution in [-0.2, 0) is 16.0 Å². The second-order valence-corrected chi connectivity index (χ2v) is 9.75. The number of carbonyl (C=O) groups excluding carboxylic acids is 1. The number of hydrogen-bond acceptors (Lipinski definition) is 5. The fourth-order valence-electron chi connectivity index (χ4n) is 4.41. The summed E-state index contributed by atoms with van der Waals surface area (Å²) in [6.45, 7) is 8.23. The van der Waals surface area contributed by atoms with Crippen LogP contribution in [0.3, 0.4) is 0 Å². The van der Waals surface area contributed by atoms with Crippen LogP contribution in [-0.4, -0.2) is 26.9 Å². The first kappa shape index (κ1) is 22.6. The van der Waals surface area contributed by atoms with Crippen LogP contribution in [0.4, 0.5) is 0 Å². The topological polar surface area (TPSA) is 56.5 Å². The Morgan fingerprint density at radius 1 is 1.06 bits per heavy atom. The molecule has 0 fully saturated rings. The van der Waals surface area contributed by atoms with Crippen LogP contribution in [0.15, 0.2) is 48.7 Å². The fraction of sp³-hybridized carbons (Fsp3) is 0.222. The quantitative estimate of drug-likeness (QED) is 0.250. The van der Waals surface area contributed by atoms with E-state index in [9.17, 15) is 4.79 Å². The molecule has 0 unspecified atom stereocenters. The van der Waals surface area contributed by atoms with Crippen LogP contribution in [0, 0.1) is 20.8 Å². The van der Waals surface area contributed by atoms with Crippen molar-refractivity contribution in [2.24, 2.45) is 0 Å². The number of benzene rings is 2. The summed E-state index contributed by atoms with van der Waals surface area (Å²) < 4.78 is 8.41. The number of thiazole rings is 1. The number of ether oxygens (including phenoxy) is 1. The Bertz CT molecular complexity index is 1550. The van der Waals surface area contributed by atoms with Gasteiger partial charge in [-0.15, -0.1) is 11.3 Å². The molecule has 0 aliphatic heterocycles. The van der Waals surface area contributed by atoms with Crippen LogP contribution in [0.25, 0.3) is 37.4 Å². The average Bonchev–Trinajstić information content (AvgIpc) is 3.35. The molecular formula is C27H24ClN3O2S. The third-order valence-electron chi connectivity index (χ3n) is 6.02. The first-order valence-corrected chi connectivity index (χ1v) is 12.4. The number of fused-ring (bicyclic) bond motifs is 2. The molecule has 0 amide bonds. The van der Waals surface area contributed by atoms with E-state index in [1.54, 1.807) is 11.3 Å². The van der Waals surface area contributed by atoms with Crippen LogP contribution < -0.4 is 0 Å². The molecule has 7 heteroatoms. The molecule has 0 aliphatic carbocycles. The molecule has 5 aromatic rings. The van der Waals surface area contributed by atoms with Gasteiger partial charge in [0, 0.05) is 22.3 Å². The van der Waals surface area contributed by atoms with E-state index in [4.69, 9.17) is 21.3 Å². The molecule has 0 N–H and O–H groups in total. The normalized spacial score (nSPS) is 11.4. The Hall–Kier alpha value is -3.22. The molecule has 0 bridgehead atoms. The lowest BCUT2D eigenvalue weighted by Gasteiger charge is -2.14. The van der Waals surface area contributed by atoms with Crippen molar-refractivity contribution in [2.75, 3.05) is 6.61 Å². The second kappa shape index (κ2) is 8.85. The van der Waals surface area contributed by atoms with Gasteiger partial charge in [-0.1, -0.05) is 23.7 Å². The molecule has 3 aromatic heterocycles. The van der Waals surface area contributed by atoms with E-state index in [0.717, 1.165) is 60.1 Å². The van der Waals surface area contributed by atoms with Gasteiger partial charge in [0.15, 0.2) is 0 Å². The SMILES string of the molecule is CCOC(=O)Cc1c(C)cc2nc(-c3ccn4c(C)nc(C)c4c3)sc2c1-c1ccc(Cl)cc1. The summed E-state index contributed by atoms with van der Waals surface area (Å²) in [7, 11) is 0. The van der Waals surface area contributed by atoms with Crippen LogP contribution in [0.2, 0.25) is 5.02 Å². The predicted octanol–water partition coefficient (Wildman–Crippen LogP) is 6.96.